The van der Waals surface area contributed by atoms with Crippen LogP contribution in [0.4, 0.5) is 0 Å². The van der Waals surface area contributed by atoms with E-state index in [1.54, 1.807) is 0 Å². The van der Waals surface area contributed by atoms with Crippen LogP contribution in [0.2, 0.25) is 0 Å². The van der Waals surface area contributed by atoms with Crippen molar-refractivity contribution in [2.24, 2.45) is 0 Å². The number of para-hydroxylation sites is 2. The highest BCUT2D eigenvalue weighted by Gasteiger charge is 2.48. The van der Waals surface area contributed by atoms with Crippen molar-refractivity contribution in [1.82, 2.24) is 9.97 Å². The molecule has 0 saturated heterocycles. The first-order valence-corrected chi connectivity index (χ1v) is 7.80. The Hall–Kier alpha value is -3.28. The summed E-state index contributed by atoms with van der Waals surface area (Å²) >= 11 is 0. The number of benzene rings is 2. The van der Waals surface area contributed by atoms with Crippen molar-refractivity contribution >= 4 is 23.5 Å². The summed E-state index contributed by atoms with van der Waals surface area (Å²) < 4.78 is 5.04. The summed E-state index contributed by atoms with van der Waals surface area (Å²) in [5.74, 6) is -0.993. The standard InChI is InChI=1S/C19H14N2O4/c22-11-25-10-19(9-16(23)24)13-6-2-1-5-12(13)17-18(19)21-15-8-4-3-7-14(15)20-17/h1-8,11H,9-10H2,(H,23,24). The number of carboxylic acid groups (broad SMARTS) is 1. The van der Waals surface area contributed by atoms with E-state index in [1.165, 1.54) is 0 Å². The number of carbonyl (C=O) groups is 2. The summed E-state index contributed by atoms with van der Waals surface area (Å²) in [7, 11) is 0. The highest BCUT2D eigenvalue weighted by Crippen LogP contribution is 2.49. The fraction of sp³-hybridized carbons (Fsp3) is 0.158. The van der Waals surface area contributed by atoms with Crippen LogP contribution in [0.15, 0.2) is 48.5 Å². The van der Waals surface area contributed by atoms with E-state index in [9.17, 15) is 14.7 Å². The smallest absolute Gasteiger partial charge is 0.304 e. The molecule has 0 bridgehead atoms. The molecule has 0 radical (unpaired) electrons. The maximum absolute atomic E-state index is 11.6. The second kappa shape index (κ2) is 5.66. The molecule has 6 heteroatoms. The lowest BCUT2D eigenvalue weighted by atomic mass is 9.78. The molecule has 0 spiro atoms. The number of ether oxygens (including phenoxy) is 1. The zero-order valence-electron chi connectivity index (χ0n) is 13.2. The van der Waals surface area contributed by atoms with Gasteiger partial charge in [0.05, 0.1) is 34.3 Å². The van der Waals surface area contributed by atoms with Crippen LogP contribution in [-0.4, -0.2) is 34.1 Å². The summed E-state index contributed by atoms with van der Waals surface area (Å²) in [5, 5.41) is 9.51. The summed E-state index contributed by atoms with van der Waals surface area (Å²) in [6, 6.07) is 14.9. The molecule has 1 atom stereocenters. The number of fused-ring (bicyclic) bond motifs is 4. The molecule has 0 fully saturated rings. The van der Waals surface area contributed by atoms with Gasteiger partial charge in [0, 0.05) is 5.56 Å². The Morgan fingerprint density at radius 3 is 2.48 bits per heavy atom. The van der Waals surface area contributed by atoms with E-state index < -0.39 is 11.4 Å². The molecule has 1 heterocycles. The zero-order valence-corrected chi connectivity index (χ0v) is 13.2. The summed E-state index contributed by atoms with van der Waals surface area (Å²) in [6.07, 6.45) is -0.238. The normalized spacial score (nSPS) is 17.8. The lowest BCUT2D eigenvalue weighted by Gasteiger charge is -2.27. The van der Waals surface area contributed by atoms with E-state index in [0.717, 1.165) is 16.6 Å². The Bertz CT molecular complexity index is 1000. The van der Waals surface area contributed by atoms with Crippen LogP contribution in [0.25, 0.3) is 22.3 Å². The second-order valence-electron chi connectivity index (χ2n) is 6.01. The molecule has 4 rings (SSSR count). The largest absolute Gasteiger partial charge is 0.481 e. The fourth-order valence-corrected chi connectivity index (χ4v) is 3.57. The molecule has 6 nitrogen and oxygen atoms in total. The van der Waals surface area contributed by atoms with Gasteiger partial charge in [-0.25, -0.2) is 9.97 Å². The maximum atomic E-state index is 11.6. The van der Waals surface area contributed by atoms with Crippen molar-refractivity contribution < 1.29 is 19.4 Å². The van der Waals surface area contributed by atoms with E-state index in [1.807, 2.05) is 48.5 Å². The number of aromatic nitrogens is 2. The van der Waals surface area contributed by atoms with Gasteiger partial charge in [-0.3, -0.25) is 9.59 Å². The lowest BCUT2D eigenvalue weighted by Crippen LogP contribution is -2.35. The van der Waals surface area contributed by atoms with Crippen molar-refractivity contribution in [3.63, 3.8) is 0 Å². The van der Waals surface area contributed by atoms with Gasteiger partial charge in [-0.15, -0.1) is 0 Å². The van der Waals surface area contributed by atoms with Crippen molar-refractivity contribution in [1.29, 1.82) is 0 Å². The third-order valence-electron chi connectivity index (χ3n) is 4.57. The Kier molecular flexibility index (Phi) is 3.46. The number of hydrogen-bond acceptors (Lipinski definition) is 5. The van der Waals surface area contributed by atoms with Crippen molar-refractivity contribution in [2.45, 2.75) is 11.8 Å². The number of hydrogen-bond donors (Lipinski definition) is 1. The third-order valence-corrected chi connectivity index (χ3v) is 4.57. The van der Waals surface area contributed by atoms with Crippen molar-refractivity contribution in [2.75, 3.05) is 6.61 Å². The summed E-state index contributed by atoms with van der Waals surface area (Å²) in [6.45, 7) is 0.235. The van der Waals surface area contributed by atoms with Gasteiger partial charge < -0.3 is 9.84 Å². The molecule has 1 unspecified atom stereocenters. The molecule has 124 valence electrons. The van der Waals surface area contributed by atoms with Crippen LogP contribution >= 0.6 is 0 Å². The van der Waals surface area contributed by atoms with Crippen LogP contribution in [-0.2, 0) is 19.7 Å². The molecule has 0 saturated carbocycles. The van der Waals surface area contributed by atoms with Gasteiger partial charge in [0.25, 0.3) is 6.47 Å². The Balaban J connectivity index is 2.05. The third kappa shape index (κ3) is 2.26. The number of rotatable bonds is 5. The van der Waals surface area contributed by atoms with E-state index in [-0.39, 0.29) is 13.0 Å². The zero-order chi connectivity index (χ0) is 17.4. The Morgan fingerprint density at radius 1 is 1.08 bits per heavy atom. The summed E-state index contributed by atoms with van der Waals surface area (Å²) in [5.41, 5.74) is 3.14. The first-order valence-electron chi connectivity index (χ1n) is 7.80. The molecular formula is C19H14N2O4. The average Bonchev–Trinajstić information content (AvgIpc) is 2.88. The maximum Gasteiger partial charge on any atom is 0.304 e. The van der Waals surface area contributed by atoms with Crippen molar-refractivity contribution in [3.8, 4) is 11.3 Å². The molecule has 0 amide bonds. The molecular weight excluding hydrogens is 320 g/mol. The first kappa shape index (κ1) is 15.3. The van der Waals surface area contributed by atoms with Gasteiger partial charge in [0.15, 0.2) is 0 Å². The van der Waals surface area contributed by atoms with E-state index >= 15 is 0 Å². The number of aliphatic carboxylic acids is 1. The van der Waals surface area contributed by atoms with E-state index in [2.05, 4.69) is 0 Å². The molecule has 1 aliphatic rings. The van der Waals surface area contributed by atoms with Gasteiger partial charge in [0.2, 0.25) is 0 Å². The molecule has 25 heavy (non-hydrogen) atoms. The monoisotopic (exact) mass is 334 g/mol. The number of nitrogens with zero attached hydrogens (tertiary/aromatic N) is 2. The number of carboxylic acids is 1. The minimum absolute atomic E-state index is 0.0974. The van der Waals surface area contributed by atoms with Crippen LogP contribution < -0.4 is 0 Å². The van der Waals surface area contributed by atoms with Crippen LogP contribution in [0.3, 0.4) is 0 Å². The fourth-order valence-electron chi connectivity index (χ4n) is 3.57. The average molecular weight is 334 g/mol. The first-order chi connectivity index (χ1) is 12.2. The Morgan fingerprint density at radius 2 is 1.76 bits per heavy atom. The predicted octanol–water partition coefficient (Wildman–Crippen LogP) is 2.54. The molecule has 3 aromatic rings. The van der Waals surface area contributed by atoms with Crippen molar-refractivity contribution in [3.05, 3.63) is 59.8 Å². The highest BCUT2D eigenvalue weighted by molar-refractivity contribution is 5.86. The molecule has 1 N–H and O–H groups in total. The van der Waals surface area contributed by atoms with E-state index in [4.69, 9.17) is 14.7 Å². The van der Waals surface area contributed by atoms with Gasteiger partial charge in [-0.05, 0) is 17.7 Å². The van der Waals surface area contributed by atoms with Crippen LogP contribution in [0, 0.1) is 0 Å². The van der Waals surface area contributed by atoms with E-state index in [0.29, 0.717) is 23.4 Å². The van der Waals surface area contributed by atoms with Crippen LogP contribution in [0.1, 0.15) is 17.7 Å². The Labute approximate surface area is 143 Å². The predicted molar refractivity (Wildman–Crippen MR) is 90.0 cm³/mol. The highest BCUT2D eigenvalue weighted by atomic mass is 16.5. The number of carbonyl (C=O) groups excluding carboxylic acids is 1. The van der Waals surface area contributed by atoms with Gasteiger partial charge in [-0.2, -0.15) is 0 Å². The topological polar surface area (TPSA) is 89.4 Å². The van der Waals surface area contributed by atoms with Gasteiger partial charge in [-0.1, -0.05) is 36.4 Å². The molecule has 2 aromatic carbocycles. The van der Waals surface area contributed by atoms with Crippen LogP contribution in [0.5, 0.6) is 0 Å². The quantitative estimate of drug-likeness (QED) is 0.721. The minimum atomic E-state index is -1.05. The molecule has 1 aliphatic carbocycles. The second-order valence-corrected chi connectivity index (χ2v) is 6.01. The summed E-state index contributed by atoms with van der Waals surface area (Å²) in [4.78, 5) is 31.9. The SMILES string of the molecule is O=COCC1(CC(=O)O)c2ccccc2-c2nc3ccccc3nc21. The minimum Gasteiger partial charge on any atom is -0.481 e. The van der Waals surface area contributed by atoms with Gasteiger partial charge >= 0.3 is 5.97 Å². The van der Waals surface area contributed by atoms with Gasteiger partial charge in [0.1, 0.15) is 6.61 Å². The molecule has 1 aromatic heterocycles. The lowest BCUT2D eigenvalue weighted by molar-refractivity contribution is -0.140. The molecule has 0 aliphatic heterocycles.